The average Bonchev–Trinajstić information content (AvgIpc) is 3.70. The molecule has 0 bridgehead atoms. The molecular formula is C36H38N6O7. The molecule has 2 aromatic heterocycles. The van der Waals surface area contributed by atoms with E-state index in [2.05, 4.69) is 25.9 Å². The highest BCUT2D eigenvalue weighted by molar-refractivity contribution is 5.95. The van der Waals surface area contributed by atoms with Crippen molar-refractivity contribution in [1.82, 2.24) is 25.9 Å². The molecule has 5 aromatic rings. The lowest BCUT2D eigenvalue weighted by atomic mass is 10.0. The molecule has 2 heterocycles. The van der Waals surface area contributed by atoms with Crippen LogP contribution in [0.3, 0.4) is 0 Å². The minimum Gasteiger partial charge on any atom is -0.481 e. The van der Waals surface area contributed by atoms with E-state index in [0.29, 0.717) is 5.56 Å². The van der Waals surface area contributed by atoms with Gasteiger partial charge in [0.25, 0.3) is 0 Å². The Kier molecular flexibility index (Phi) is 11.1. The molecule has 5 rings (SSSR count). The molecule has 0 aliphatic carbocycles. The smallest absolute Gasteiger partial charge is 0.326 e. The molecule has 0 spiro atoms. The Labute approximate surface area is 281 Å². The summed E-state index contributed by atoms with van der Waals surface area (Å²) in [5, 5.41) is 28.4. The molecule has 13 nitrogen and oxygen atoms in total. The molecule has 0 radical (unpaired) electrons. The second kappa shape index (κ2) is 15.8. The number of para-hydroxylation sites is 2. The summed E-state index contributed by atoms with van der Waals surface area (Å²) < 4.78 is 0. The van der Waals surface area contributed by atoms with E-state index in [0.717, 1.165) is 32.9 Å². The Bertz CT molecular complexity index is 1950. The highest BCUT2D eigenvalue weighted by Crippen LogP contribution is 2.21. The summed E-state index contributed by atoms with van der Waals surface area (Å²) in [4.78, 5) is 70.4. The van der Waals surface area contributed by atoms with Crippen LogP contribution < -0.4 is 21.7 Å². The van der Waals surface area contributed by atoms with E-state index < -0.39 is 60.2 Å². The first-order valence-electron chi connectivity index (χ1n) is 15.8. The number of carbonyl (C=O) groups is 5. The van der Waals surface area contributed by atoms with Gasteiger partial charge in [0.2, 0.25) is 17.7 Å². The molecule has 9 N–H and O–H groups in total. The van der Waals surface area contributed by atoms with Gasteiger partial charge in [-0.3, -0.25) is 19.2 Å². The normalized spacial score (nSPS) is 13.7. The molecule has 0 aliphatic rings. The van der Waals surface area contributed by atoms with Gasteiger partial charge >= 0.3 is 11.9 Å². The molecule has 0 saturated carbocycles. The molecule has 254 valence electrons. The third-order valence-corrected chi connectivity index (χ3v) is 8.36. The third kappa shape index (κ3) is 8.90. The number of amides is 3. The van der Waals surface area contributed by atoms with Gasteiger partial charge in [-0.1, -0.05) is 66.7 Å². The Morgan fingerprint density at radius 3 is 1.67 bits per heavy atom. The maximum atomic E-state index is 14.0. The zero-order valence-electron chi connectivity index (χ0n) is 26.5. The number of benzene rings is 3. The first kappa shape index (κ1) is 34.4. The first-order valence-corrected chi connectivity index (χ1v) is 15.8. The minimum absolute atomic E-state index is 0.00247. The van der Waals surface area contributed by atoms with Crippen molar-refractivity contribution in [2.45, 2.75) is 56.3 Å². The van der Waals surface area contributed by atoms with Crippen LogP contribution in [0.25, 0.3) is 21.8 Å². The lowest BCUT2D eigenvalue weighted by Crippen LogP contribution is -2.58. The van der Waals surface area contributed by atoms with E-state index in [1.807, 2.05) is 48.5 Å². The Morgan fingerprint density at radius 1 is 0.612 bits per heavy atom. The topological polar surface area (TPSA) is 219 Å². The van der Waals surface area contributed by atoms with Crippen molar-refractivity contribution in [3.63, 3.8) is 0 Å². The van der Waals surface area contributed by atoms with Crippen LogP contribution in [0.5, 0.6) is 0 Å². The maximum Gasteiger partial charge on any atom is 0.326 e. The second-order valence-electron chi connectivity index (χ2n) is 11.9. The molecule has 4 atom stereocenters. The number of aromatic amines is 2. The monoisotopic (exact) mass is 666 g/mol. The highest BCUT2D eigenvalue weighted by Gasteiger charge is 2.31. The fraction of sp³-hybridized carbons (Fsp3) is 0.250. The van der Waals surface area contributed by atoms with Gasteiger partial charge in [0, 0.05) is 53.5 Å². The highest BCUT2D eigenvalue weighted by atomic mass is 16.4. The number of carboxylic acid groups (broad SMARTS) is 2. The Morgan fingerprint density at radius 2 is 1.10 bits per heavy atom. The zero-order valence-corrected chi connectivity index (χ0v) is 26.5. The summed E-state index contributed by atoms with van der Waals surface area (Å²) in [5.41, 5.74) is 10.4. The van der Waals surface area contributed by atoms with Crippen LogP contribution in [0.2, 0.25) is 0 Å². The minimum atomic E-state index is -1.50. The number of nitrogens with one attached hydrogen (secondary N) is 5. The van der Waals surface area contributed by atoms with E-state index >= 15 is 0 Å². The van der Waals surface area contributed by atoms with E-state index in [1.165, 1.54) is 0 Å². The van der Waals surface area contributed by atoms with Gasteiger partial charge in [-0.15, -0.1) is 0 Å². The molecule has 0 fully saturated rings. The van der Waals surface area contributed by atoms with Crippen molar-refractivity contribution in [1.29, 1.82) is 0 Å². The van der Waals surface area contributed by atoms with Crippen LogP contribution in [0.1, 0.15) is 29.5 Å². The van der Waals surface area contributed by atoms with Gasteiger partial charge in [-0.2, -0.15) is 0 Å². The van der Waals surface area contributed by atoms with Crippen LogP contribution in [0.15, 0.2) is 91.3 Å². The maximum absolute atomic E-state index is 14.0. The average molecular weight is 667 g/mol. The second-order valence-corrected chi connectivity index (χ2v) is 11.9. The fourth-order valence-electron chi connectivity index (χ4n) is 5.77. The summed E-state index contributed by atoms with van der Waals surface area (Å²) in [5.74, 6) is -4.70. The van der Waals surface area contributed by atoms with Gasteiger partial charge in [-0.05, 0) is 41.7 Å². The van der Waals surface area contributed by atoms with Gasteiger partial charge in [0.15, 0.2) is 0 Å². The number of hydrogen-bond donors (Lipinski definition) is 8. The molecule has 0 saturated heterocycles. The number of fused-ring (bicyclic) bond motifs is 2. The van der Waals surface area contributed by atoms with Crippen LogP contribution in [-0.2, 0) is 43.2 Å². The largest absolute Gasteiger partial charge is 0.481 e. The van der Waals surface area contributed by atoms with Crippen molar-refractivity contribution in [2.75, 3.05) is 0 Å². The number of H-pyrrole nitrogens is 2. The third-order valence-electron chi connectivity index (χ3n) is 8.36. The van der Waals surface area contributed by atoms with Crippen molar-refractivity contribution in [3.05, 3.63) is 108 Å². The summed E-state index contributed by atoms with van der Waals surface area (Å²) in [6, 6.07) is 19.0. The van der Waals surface area contributed by atoms with Crippen molar-refractivity contribution in [2.24, 2.45) is 5.73 Å². The number of carboxylic acids is 2. The van der Waals surface area contributed by atoms with Crippen LogP contribution in [-0.4, -0.2) is 74.0 Å². The SMILES string of the molecule is NC(Cc1c[nH]c2ccccc12)C(=O)NC(Cc1c[nH]c2ccccc12)C(=O)NC(Cc1ccccc1)C(=O)NC(CCC(=O)O)C(=O)O. The molecule has 3 aromatic carbocycles. The molecule has 0 aliphatic heterocycles. The number of hydrogen-bond acceptors (Lipinski definition) is 6. The van der Waals surface area contributed by atoms with Gasteiger partial charge < -0.3 is 41.9 Å². The molecular weight excluding hydrogens is 628 g/mol. The summed E-state index contributed by atoms with van der Waals surface area (Å²) in [7, 11) is 0. The Balaban J connectivity index is 1.39. The van der Waals surface area contributed by atoms with Gasteiger partial charge in [0.05, 0.1) is 6.04 Å². The predicted molar refractivity (Wildman–Crippen MR) is 182 cm³/mol. The number of carbonyl (C=O) groups excluding carboxylic acids is 3. The quantitative estimate of drug-likeness (QED) is 0.0780. The lowest BCUT2D eigenvalue weighted by Gasteiger charge is -2.25. The van der Waals surface area contributed by atoms with Crippen molar-refractivity contribution < 1.29 is 34.2 Å². The summed E-state index contributed by atoms with van der Waals surface area (Å²) >= 11 is 0. The van der Waals surface area contributed by atoms with E-state index in [-0.39, 0.29) is 25.7 Å². The van der Waals surface area contributed by atoms with Gasteiger partial charge in [0.1, 0.15) is 18.1 Å². The van der Waals surface area contributed by atoms with Gasteiger partial charge in [-0.25, -0.2) is 4.79 Å². The summed E-state index contributed by atoms with van der Waals surface area (Å²) in [6.07, 6.45) is 2.96. The molecule has 49 heavy (non-hydrogen) atoms. The van der Waals surface area contributed by atoms with Crippen molar-refractivity contribution in [3.8, 4) is 0 Å². The lowest BCUT2D eigenvalue weighted by molar-refractivity contribution is -0.143. The van der Waals surface area contributed by atoms with E-state index in [9.17, 15) is 29.1 Å². The number of aromatic nitrogens is 2. The first-order chi connectivity index (χ1) is 23.6. The van der Waals surface area contributed by atoms with E-state index in [1.54, 1.807) is 42.7 Å². The number of aliphatic carboxylic acids is 2. The fourth-order valence-corrected chi connectivity index (χ4v) is 5.77. The number of nitrogens with two attached hydrogens (primary N) is 1. The molecule has 4 unspecified atom stereocenters. The predicted octanol–water partition coefficient (Wildman–Crippen LogP) is 2.41. The van der Waals surface area contributed by atoms with Crippen LogP contribution in [0, 0.1) is 0 Å². The molecule has 3 amide bonds. The van der Waals surface area contributed by atoms with Crippen molar-refractivity contribution >= 4 is 51.5 Å². The van der Waals surface area contributed by atoms with Crippen LogP contribution >= 0.6 is 0 Å². The van der Waals surface area contributed by atoms with Crippen LogP contribution in [0.4, 0.5) is 0 Å². The molecule has 13 heteroatoms. The Hall–Kier alpha value is -5.95. The number of rotatable bonds is 16. The van der Waals surface area contributed by atoms with E-state index in [4.69, 9.17) is 10.8 Å². The summed E-state index contributed by atoms with van der Waals surface area (Å²) in [6.45, 7) is 0. The zero-order chi connectivity index (χ0) is 34.9. The standard InChI is InChI=1S/C36H38N6O7/c37-26(17-22-19-38-27-12-6-4-10-24(22)27)33(45)41-31(18-23-20-39-28-13-7-5-11-25(23)28)35(47)42-30(16-21-8-2-1-3-9-21)34(46)40-29(36(48)49)14-15-32(43)44/h1-13,19-20,26,29-31,38-39H,14-18,37H2,(H,40,46)(H,41,45)(H,42,47)(H,43,44)(H,48,49).